The fourth-order valence-corrected chi connectivity index (χ4v) is 15.3. The maximum atomic E-state index is 12.2. The number of benzene rings is 2. The standard InChI is InChI=1S/C46H65NO4/c1-28-12-15-42-45(3,51)38-14-13-34-35(37(38)26-47(42)25-28)21-39-36(34)22-41(49)40-23-43(50)46(27-44(39,40)2)17-16-30(24-46)19-32(18-29-8-5-4-6-9-29)31-10-7-11-33(48)20-31/h4-11,20,28,30,32,34-43,48-51H,12-19,21-27H2,1-3H3. The summed E-state index contributed by atoms with van der Waals surface area (Å²) in [5.41, 5.74) is 1.91. The second kappa shape index (κ2) is 12.8. The summed E-state index contributed by atoms with van der Waals surface area (Å²) in [4.78, 5) is 2.70. The Balaban J connectivity index is 0.961. The normalized spacial score (nSPS) is 48.3. The van der Waals surface area contributed by atoms with E-state index in [2.05, 4.69) is 62.1 Å². The van der Waals surface area contributed by atoms with Crippen molar-refractivity contribution in [3.63, 3.8) is 0 Å². The van der Waals surface area contributed by atoms with E-state index < -0.39 is 5.60 Å². The minimum atomic E-state index is -0.609. The molecule has 5 heteroatoms. The Morgan fingerprint density at radius 3 is 2.43 bits per heavy atom. The van der Waals surface area contributed by atoms with Gasteiger partial charge in [0, 0.05) is 19.1 Å². The number of nitrogens with zero attached hydrogens (tertiary/aromatic N) is 1. The molecule has 0 amide bonds. The Labute approximate surface area is 307 Å². The van der Waals surface area contributed by atoms with Crippen molar-refractivity contribution in [3.05, 3.63) is 65.7 Å². The van der Waals surface area contributed by atoms with Gasteiger partial charge in [-0.15, -0.1) is 0 Å². The molecule has 0 aromatic heterocycles. The first-order valence-corrected chi connectivity index (χ1v) is 21.1. The Hall–Kier alpha value is -1.92. The molecule has 9 rings (SSSR count). The van der Waals surface area contributed by atoms with Crippen LogP contribution in [-0.4, -0.2) is 62.3 Å². The largest absolute Gasteiger partial charge is 0.508 e. The summed E-state index contributed by atoms with van der Waals surface area (Å²) in [6.07, 6.45) is 13.4. The highest BCUT2D eigenvalue weighted by Crippen LogP contribution is 2.71. The molecule has 1 spiro atoms. The maximum Gasteiger partial charge on any atom is 0.115 e. The van der Waals surface area contributed by atoms with Gasteiger partial charge in [0.05, 0.1) is 17.8 Å². The molecule has 2 aromatic rings. The number of aliphatic hydroxyl groups excluding tert-OH is 2. The molecule has 16 atom stereocenters. The lowest BCUT2D eigenvalue weighted by molar-refractivity contribution is -0.180. The van der Waals surface area contributed by atoms with E-state index in [9.17, 15) is 20.4 Å². The van der Waals surface area contributed by atoms with E-state index in [1.807, 2.05) is 12.1 Å². The summed E-state index contributed by atoms with van der Waals surface area (Å²) in [5, 5.41) is 46.6. The van der Waals surface area contributed by atoms with E-state index in [0.29, 0.717) is 65.1 Å². The van der Waals surface area contributed by atoms with Gasteiger partial charge in [-0.3, -0.25) is 4.90 Å². The van der Waals surface area contributed by atoms with Gasteiger partial charge in [-0.05, 0) is 184 Å². The van der Waals surface area contributed by atoms with Crippen molar-refractivity contribution < 1.29 is 20.4 Å². The quantitative estimate of drug-likeness (QED) is 0.254. The highest BCUT2D eigenvalue weighted by molar-refractivity contribution is 5.31. The molecule has 278 valence electrons. The first-order chi connectivity index (χ1) is 24.4. The summed E-state index contributed by atoms with van der Waals surface area (Å²) < 4.78 is 0. The van der Waals surface area contributed by atoms with Gasteiger partial charge in [0.25, 0.3) is 0 Å². The average molecular weight is 696 g/mol. The van der Waals surface area contributed by atoms with Crippen LogP contribution >= 0.6 is 0 Å². The Morgan fingerprint density at radius 2 is 1.63 bits per heavy atom. The zero-order valence-electron chi connectivity index (χ0n) is 31.5. The Kier molecular flexibility index (Phi) is 8.77. The van der Waals surface area contributed by atoms with Gasteiger partial charge < -0.3 is 20.4 Å². The molecule has 2 saturated heterocycles. The fourth-order valence-electron chi connectivity index (χ4n) is 15.3. The van der Waals surface area contributed by atoms with E-state index in [0.717, 1.165) is 77.3 Å². The van der Waals surface area contributed by atoms with Crippen molar-refractivity contribution in [1.29, 1.82) is 0 Å². The molecular formula is C46H65NO4. The number of rotatable bonds is 5. The molecule has 2 aliphatic heterocycles. The smallest absolute Gasteiger partial charge is 0.115 e. The van der Waals surface area contributed by atoms with Crippen LogP contribution in [-0.2, 0) is 6.42 Å². The van der Waals surface area contributed by atoms with Gasteiger partial charge in [0.15, 0.2) is 0 Å². The maximum absolute atomic E-state index is 12.2. The minimum Gasteiger partial charge on any atom is -0.508 e. The molecule has 2 aromatic carbocycles. The number of hydrogen-bond acceptors (Lipinski definition) is 5. The third-order valence-electron chi connectivity index (χ3n) is 17.4. The first-order valence-electron chi connectivity index (χ1n) is 21.1. The van der Waals surface area contributed by atoms with E-state index in [1.54, 1.807) is 6.07 Å². The van der Waals surface area contributed by atoms with Crippen LogP contribution in [0.3, 0.4) is 0 Å². The van der Waals surface area contributed by atoms with Crippen molar-refractivity contribution in [2.75, 3.05) is 13.1 Å². The van der Waals surface area contributed by atoms with Crippen LogP contribution in [0.2, 0.25) is 0 Å². The van der Waals surface area contributed by atoms with Gasteiger partial charge in [0.1, 0.15) is 5.75 Å². The van der Waals surface area contributed by atoms with Crippen LogP contribution in [0.5, 0.6) is 5.75 Å². The van der Waals surface area contributed by atoms with Gasteiger partial charge in [-0.2, -0.15) is 0 Å². The molecule has 7 fully saturated rings. The minimum absolute atomic E-state index is 0.0390. The number of hydrogen-bond donors (Lipinski definition) is 4. The van der Waals surface area contributed by atoms with Crippen LogP contribution < -0.4 is 0 Å². The van der Waals surface area contributed by atoms with Crippen LogP contribution in [0.25, 0.3) is 0 Å². The molecular weight excluding hydrogens is 631 g/mol. The number of phenols is 1. The number of fused-ring (bicyclic) bond motifs is 8. The summed E-state index contributed by atoms with van der Waals surface area (Å²) >= 11 is 0. The third kappa shape index (κ3) is 5.76. The topological polar surface area (TPSA) is 84.2 Å². The fraction of sp³-hybridized carbons (Fsp3) is 0.739. The van der Waals surface area contributed by atoms with Crippen molar-refractivity contribution in [2.45, 2.75) is 134 Å². The molecule has 5 saturated carbocycles. The lowest BCUT2D eigenvalue weighted by Crippen LogP contribution is -2.67. The van der Waals surface area contributed by atoms with E-state index in [-0.39, 0.29) is 29.0 Å². The van der Waals surface area contributed by atoms with Crippen molar-refractivity contribution in [2.24, 2.45) is 64.1 Å². The number of aliphatic hydroxyl groups is 3. The summed E-state index contributed by atoms with van der Waals surface area (Å²) in [7, 11) is 0. The third-order valence-corrected chi connectivity index (χ3v) is 17.4. The Morgan fingerprint density at radius 1 is 0.804 bits per heavy atom. The molecule has 0 radical (unpaired) electrons. The summed E-state index contributed by atoms with van der Waals surface area (Å²) in [5.74, 6) is 5.52. The SMILES string of the molecule is CC1CCC2N(C1)CC1C3CC4C(CC(O)C5CC(O)C6(CCC(CC(Cc7ccccc7)c7cccc(O)c7)C6)CC54C)C3CCC1C2(C)O. The van der Waals surface area contributed by atoms with Gasteiger partial charge >= 0.3 is 0 Å². The lowest BCUT2D eigenvalue weighted by Gasteiger charge is -2.60. The Bertz CT molecular complexity index is 1560. The molecule has 5 nitrogen and oxygen atoms in total. The number of aromatic hydroxyl groups is 1. The zero-order valence-corrected chi connectivity index (χ0v) is 31.5. The predicted molar refractivity (Wildman–Crippen MR) is 202 cm³/mol. The molecule has 2 heterocycles. The average Bonchev–Trinajstić information content (AvgIpc) is 3.68. The van der Waals surface area contributed by atoms with E-state index in [4.69, 9.17) is 0 Å². The molecule has 7 aliphatic rings. The highest BCUT2D eigenvalue weighted by atomic mass is 16.3. The second-order valence-corrected chi connectivity index (χ2v) is 20.1. The van der Waals surface area contributed by atoms with Crippen LogP contribution in [0.1, 0.15) is 115 Å². The monoisotopic (exact) mass is 695 g/mol. The van der Waals surface area contributed by atoms with Gasteiger partial charge in [0.2, 0.25) is 0 Å². The molecule has 51 heavy (non-hydrogen) atoms. The zero-order chi connectivity index (χ0) is 35.3. The molecule has 5 aliphatic carbocycles. The van der Waals surface area contributed by atoms with Crippen molar-refractivity contribution in [1.82, 2.24) is 4.90 Å². The molecule has 0 bridgehead atoms. The lowest BCUT2D eigenvalue weighted by atomic mass is 9.46. The van der Waals surface area contributed by atoms with E-state index >= 15 is 0 Å². The van der Waals surface area contributed by atoms with Gasteiger partial charge in [-0.25, -0.2) is 0 Å². The summed E-state index contributed by atoms with van der Waals surface area (Å²) in [6.45, 7) is 9.43. The van der Waals surface area contributed by atoms with Gasteiger partial charge in [-0.1, -0.05) is 56.3 Å². The summed E-state index contributed by atoms with van der Waals surface area (Å²) in [6, 6.07) is 19.0. The van der Waals surface area contributed by atoms with Crippen molar-refractivity contribution in [3.8, 4) is 5.75 Å². The van der Waals surface area contributed by atoms with Crippen LogP contribution in [0.4, 0.5) is 0 Å². The highest BCUT2D eigenvalue weighted by Gasteiger charge is 2.67. The first kappa shape index (κ1) is 34.8. The van der Waals surface area contributed by atoms with E-state index in [1.165, 1.54) is 30.4 Å². The number of phenolic OH excluding ortho intramolecular Hbond substituents is 1. The number of piperidine rings is 2. The van der Waals surface area contributed by atoms with Crippen molar-refractivity contribution >= 4 is 0 Å². The van der Waals surface area contributed by atoms with Crippen LogP contribution in [0.15, 0.2) is 54.6 Å². The molecule has 4 N–H and O–H groups in total. The van der Waals surface area contributed by atoms with Crippen LogP contribution in [0, 0.1) is 64.1 Å². The second-order valence-electron chi connectivity index (χ2n) is 20.1. The molecule has 16 unspecified atom stereocenters. The predicted octanol–water partition coefficient (Wildman–Crippen LogP) is 8.20.